The summed E-state index contributed by atoms with van der Waals surface area (Å²) < 4.78 is 0. The molecule has 0 aromatic rings. The lowest BCUT2D eigenvalue weighted by Gasteiger charge is -2.22. The summed E-state index contributed by atoms with van der Waals surface area (Å²) in [7, 11) is 0. The van der Waals surface area contributed by atoms with Gasteiger partial charge in [0.15, 0.2) is 0 Å². The molecule has 4 atom stereocenters. The molecular weight excluding hydrogens is 640 g/mol. The van der Waals surface area contributed by atoms with Gasteiger partial charge in [0, 0.05) is 0 Å². The third kappa shape index (κ3) is 36.9. The van der Waals surface area contributed by atoms with Crippen molar-refractivity contribution >= 4 is 0 Å². The van der Waals surface area contributed by atoms with E-state index in [4.69, 9.17) is 0 Å². The van der Waals surface area contributed by atoms with Gasteiger partial charge >= 0.3 is 0 Å². The lowest BCUT2D eigenvalue weighted by Crippen LogP contribution is -3.13. The van der Waals surface area contributed by atoms with Gasteiger partial charge in [0.1, 0.15) is 25.3 Å². The van der Waals surface area contributed by atoms with E-state index in [1.165, 1.54) is 174 Å². The van der Waals surface area contributed by atoms with Gasteiger partial charge in [-0.05, 0) is 58.8 Å². The first-order chi connectivity index (χ1) is 19.0. The van der Waals surface area contributed by atoms with Crippen molar-refractivity contribution in [2.45, 2.75) is 188 Å². The predicted molar refractivity (Wildman–Crippen MR) is 172 cm³/mol. The van der Waals surface area contributed by atoms with Gasteiger partial charge in [-0.25, -0.2) is 0 Å². The molecule has 0 fully saturated rings. The quantitative estimate of drug-likeness (QED) is 0.0770. The van der Waals surface area contributed by atoms with Crippen LogP contribution < -0.4 is 43.8 Å². The molecule has 4 nitrogen and oxygen atoms in total. The van der Waals surface area contributed by atoms with E-state index >= 15 is 0 Å². The van der Waals surface area contributed by atoms with Gasteiger partial charge in [-0.15, -0.1) is 0 Å². The van der Waals surface area contributed by atoms with E-state index in [2.05, 4.69) is 13.8 Å². The Morgan fingerprint density at radius 3 is 0.780 bits per heavy atom. The second kappa shape index (κ2) is 37.0. The van der Waals surface area contributed by atoms with E-state index in [1.54, 1.807) is 9.80 Å². The lowest BCUT2D eigenvalue weighted by molar-refractivity contribution is -0.905. The number of unbranched alkanes of at least 4 members (excludes halogenated alkanes) is 20. The maximum absolute atomic E-state index is 9.99. The van der Waals surface area contributed by atoms with E-state index < -0.39 is 0 Å². The summed E-state index contributed by atoms with van der Waals surface area (Å²) >= 11 is 0. The molecule has 0 aliphatic heterocycles. The number of rotatable bonds is 32. The van der Waals surface area contributed by atoms with Crippen molar-refractivity contribution in [2.24, 2.45) is 0 Å². The first kappa shape index (κ1) is 46.2. The first-order valence-electron chi connectivity index (χ1n) is 18.0. The number of hydrogen-bond acceptors (Lipinski definition) is 2. The third-order valence-electron chi connectivity index (χ3n) is 8.50. The van der Waals surface area contributed by atoms with Crippen molar-refractivity contribution in [2.75, 3.05) is 39.3 Å². The van der Waals surface area contributed by atoms with Crippen LogP contribution in [-0.4, -0.2) is 61.7 Å². The predicted octanol–water partition coefficient (Wildman–Crippen LogP) is 0.538. The Morgan fingerprint density at radius 2 is 0.561 bits per heavy atom. The number of nitrogens with one attached hydrogen (secondary N) is 2. The number of quaternary nitrogens is 2. The smallest absolute Gasteiger partial charge is 0.103 e. The molecule has 0 aliphatic carbocycles. The summed E-state index contributed by atoms with van der Waals surface area (Å²) in [5.41, 5.74) is 0. The zero-order valence-corrected chi connectivity index (χ0v) is 31.5. The molecule has 0 amide bonds. The standard InChI is InChI=1S/C35H74N2O2.2BrH/c1-5-7-9-11-13-15-17-19-21-24-28-36(32-34(3)38)30-26-23-27-31-37(33-35(4)39)29-25-22-20-18-16-14-12-10-8-6-2;;/h34-35,38-39H,5-33H2,1-4H3;2*1H. The number of hydrogen-bond donors (Lipinski definition) is 4. The van der Waals surface area contributed by atoms with Crippen LogP contribution in [0.1, 0.15) is 175 Å². The SMILES string of the molecule is CCCCCCCCCCCC[NH+](CCCCC[NH+](CCCCCCCCCCCC)CC(C)O)CC(C)O.[Br-].[Br-]. The summed E-state index contributed by atoms with van der Waals surface area (Å²) in [5, 5.41) is 20.0. The van der Waals surface area contributed by atoms with Crippen LogP contribution in [0.25, 0.3) is 0 Å². The summed E-state index contributed by atoms with van der Waals surface area (Å²) in [6.07, 6.45) is 31.2. The lowest BCUT2D eigenvalue weighted by atomic mass is 10.1. The van der Waals surface area contributed by atoms with Gasteiger partial charge in [0.05, 0.1) is 26.2 Å². The van der Waals surface area contributed by atoms with Gasteiger partial charge in [-0.3, -0.25) is 0 Å². The zero-order chi connectivity index (χ0) is 28.8. The number of halogens is 2. The van der Waals surface area contributed by atoms with Gasteiger partial charge in [0.25, 0.3) is 0 Å². The fraction of sp³-hybridized carbons (Fsp3) is 1.00. The Labute approximate surface area is 279 Å². The monoisotopic (exact) mass is 714 g/mol. The van der Waals surface area contributed by atoms with Crippen LogP contribution in [0.3, 0.4) is 0 Å². The molecule has 0 spiro atoms. The Morgan fingerprint density at radius 1 is 0.366 bits per heavy atom. The first-order valence-corrected chi connectivity index (χ1v) is 18.0. The average molecular weight is 717 g/mol. The molecule has 0 saturated heterocycles. The van der Waals surface area contributed by atoms with Crippen LogP contribution in [0.5, 0.6) is 0 Å². The molecule has 252 valence electrons. The van der Waals surface area contributed by atoms with Crippen molar-refractivity contribution in [3.63, 3.8) is 0 Å². The van der Waals surface area contributed by atoms with Crippen LogP contribution in [-0.2, 0) is 0 Å². The maximum Gasteiger partial charge on any atom is 0.103 e. The highest BCUT2D eigenvalue weighted by Crippen LogP contribution is 2.11. The number of aliphatic hydroxyl groups is 2. The molecule has 0 rings (SSSR count). The third-order valence-corrected chi connectivity index (χ3v) is 8.50. The zero-order valence-electron chi connectivity index (χ0n) is 28.3. The highest BCUT2D eigenvalue weighted by molar-refractivity contribution is 4.51. The molecule has 0 aromatic carbocycles. The van der Waals surface area contributed by atoms with Crippen molar-refractivity contribution in [3.05, 3.63) is 0 Å². The van der Waals surface area contributed by atoms with Crippen LogP contribution in [0, 0.1) is 0 Å². The normalized spacial score (nSPS) is 14.2. The summed E-state index contributed by atoms with van der Waals surface area (Å²) in [4.78, 5) is 3.20. The summed E-state index contributed by atoms with van der Waals surface area (Å²) in [6, 6.07) is 0. The van der Waals surface area contributed by atoms with Gasteiger partial charge in [-0.2, -0.15) is 0 Å². The van der Waals surface area contributed by atoms with Crippen molar-refractivity contribution < 1.29 is 54.0 Å². The molecule has 6 heteroatoms. The van der Waals surface area contributed by atoms with Crippen LogP contribution in [0.2, 0.25) is 0 Å². The highest BCUT2D eigenvalue weighted by atomic mass is 79.9. The van der Waals surface area contributed by atoms with E-state index in [0.717, 1.165) is 13.1 Å². The molecule has 41 heavy (non-hydrogen) atoms. The molecule has 0 radical (unpaired) electrons. The Hall–Kier alpha value is 0.800. The Balaban J connectivity index is -0.00000722. The summed E-state index contributed by atoms with van der Waals surface area (Å²) in [6.45, 7) is 15.1. The molecule has 0 aromatic heterocycles. The van der Waals surface area contributed by atoms with E-state index in [-0.39, 0.29) is 46.2 Å². The summed E-state index contributed by atoms with van der Waals surface area (Å²) in [5.74, 6) is 0. The van der Waals surface area contributed by atoms with E-state index in [1.807, 2.05) is 13.8 Å². The second-order valence-electron chi connectivity index (χ2n) is 13.0. The number of aliphatic hydroxyl groups excluding tert-OH is 2. The maximum atomic E-state index is 9.99. The average Bonchev–Trinajstić information content (AvgIpc) is 2.89. The fourth-order valence-corrected chi connectivity index (χ4v) is 6.15. The van der Waals surface area contributed by atoms with Crippen LogP contribution >= 0.6 is 0 Å². The largest absolute Gasteiger partial charge is 1.00 e. The molecule has 0 saturated carbocycles. The molecule has 0 aliphatic rings. The van der Waals surface area contributed by atoms with Crippen molar-refractivity contribution in [1.29, 1.82) is 0 Å². The van der Waals surface area contributed by atoms with Crippen molar-refractivity contribution in [1.82, 2.24) is 0 Å². The minimum atomic E-state index is -0.199. The molecule has 0 heterocycles. The Kier molecular flexibility index (Phi) is 41.7. The van der Waals surface area contributed by atoms with Crippen LogP contribution in [0.15, 0.2) is 0 Å². The topological polar surface area (TPSA) is 49.3 Å². The van der Waals surface area contributed by atoms with Gasteiger partial charge in [-0.1, -0.05) is 117 Å². The second-order valence-corrected chi connectivity index (χ2v) is 13.0. The molecular formula is C35H76Br2N2O2. The van der Waals surface area contributed by atoms with Gasteiger partial charge in [0.2, 0.25) is 0 Å². The molecule has 4 N–H and O–H groups in total. The molecule has 4 unspecified atom stereocenters. The minimum Gasteiger partial charge on any atom is -1.00 e. The molecule has 0 bridgehead atoms. The van der Waals surface area contributed by atoms with Crippen LogP contribution in [0.4, 0.5) is 0 Å². The Bertz CT molecular complexity index is 429. The minimum absolute atomic E-state index is 0. The van der Waals surface area contributed by atoms with E-state index in [9.17, 15) is 10.2 Å². The van der Waals surface area contributed by atoms with Gasteiger partial charge < -0.3 is 54.0 Å². The van der Waals surface area contributed by atoms with Crippen molar-refractivity contribution in [3.8, 4) is 0 Å². The fourth-order valence-electron chi connectivity index (χ4n) is 6.15. The van der Waals surface area contributed by atoms with E-state index in [0.29, 0.717) is 0 Å². The highest BCUT2D eigenvalue weighted by Gasteiger charge is 2.14.